The van der Waals surface area contributed by atoms with Crippen LogP contribution in [0.25, 0.3) is 0 Å². The van der Waals surface area contributed by atoms with Crippen molar-refractivity contribution in [3.8, 4) is 0 Å². The Labute approximate surface area is 148 Å². The Morgan fingerprint density at radius 1 is 1.25 bits per heavy atom. The van der Waals surface area contributed by atoms with Crippen LogP contribution in [-0.2, 0) is 9.84 Å². The van der Waals surface area contributed by atoms with E-state index in [4.69, 9.17) is 0 Å². The van der Waals surface area contributed by atoms with Crippen molar-refractivity contribution in [2.75, 3.05) is 25.6 Å². The van der Waals surface area contributed by atoms with Gasteiger partial charge in [0, 0.05) is 31.3 Å². The van der Waals surface area contributed by atoms with Crippen LogP contribution in [0.2, 0.25) is 0 Å². The lowest BCUT2D eigenvalue weighted by molar-refractivity contribution is 0.322. The third kappa shape index (κ3) is 6.99. The normalized spacial score (nSPS) is 22.9. The number of guanidine groups is 1. The molecular formula is C18H35N3O2S. The van der Waals surface area contributed by atoms with Gasteiger partial charge in [0.25, 0.3) is 0 Å². The average Bonchev–Trinajstić information content (AvgIpc) is 3.28. The smallest absolute Gasteiger partial charge is 0.191 e. The SMILES string of the molecule is CN=C(NCC1(CS(C)(=O)=O)CC1)NC(C)CCC1CCCCC1. The molecule has 0 bridgehead atoms. The van der Waals surface area contributed by atoms with E-state index in [1.54, 1.807) is 7.05 Å². The van der Waals surface area contributed by atoms with Gasteiger partial charge in [-0.2, -0.15) is 0 Å². The van der Waals surface area contributed by atoms with Crippen LogP contribution in [0, 0.1) is 11.3 Å². The van der Waals surface area contributed by atoms with Crippen LogP contribution < -0.4 is 10.6 Å². The second kappa shape index (κ2) is 8.54. The van der Waals surface area contributed by atoms with Gasteiger partial charge in [-0.1, -0.05) is 32.1 Å². The quantitative estimate of drug-likeness (QED) is 0.518. The molecule has 2 N–H and O–H groups in total. The van der Waals surface area contributed by atoms with E-state index in [0.717, 1.165) is 24.7 Å². The number of nitrogens with zero attached hydrogens (tertiary/aromatic N) is 1. The lowest BCUT2D eigenvalue weighted by atomic mass is 9.85. The summed E-state index contributed by atoms with van der Waals surface area (Å²) < 4.78 is 23.1. The summed E-state index contributed by atoms with van der Waals surface area (Å²) in [4.78, 5) is 4.30. The van der Waals surface area contributed by atoms with Gasteiger partial charge in [-0.3, -0.25) is 4.99 Å². The molecule has 0 aromatic heterocycles. The second-order valence-electron chi connectivity index (χ2n) is 8.12. The van der Waals surface area contributed by atoms with Crippen molar-refractivity contribution in [1.29, 1.82) is 0 Å². The summed E-state index contributed by atoms with van der Waals surface area (Å²) in [7, 11) is -1.14. The van der Waals surface area contributed by atoms with Crippen LogP contribution in [0.4, 0.5) is 0 Å². The molecule has 0 amide bonds. The van der Waals surface area contributed by atoms with Gasteiger partial charge >= 0.3 is 0 Å². The lowest BCUT2D eigenvalue weighted by Crippen LogP contribution is -2.45. The van der Waals surface area contributed by atoms with Gasteiger partial charge in [-0.05, 0) is 38.5 Å². The van der Waals surface area contributed by atoms with Crippen LogP contribution in [0.1, 0.15) is 64.7 Å². The number of hydrogen-bond donors (Lipinski definition) is 2. The molecule has 2 fully saturated rings. The van der Waals surface area contributed by atoms with Crippen molar-refractivity contribution in [1.82, 2.24) is 10.6 Å². The predicted molar refractivity (Wildman–Crippen MR) is 101 cm³/mol. The number of hydrogen-bond acceptors (Lipinski definition) is 3. The standard InChI is InChI=1S/C18H35N3O2S/c1-15(9-10-16-7-5-4-6-8-16)21-17(19-2)20-13-18(11-12-18)14-24(3,22)23/h15-16H,4-14H2,1-3H3,(H2,19,20,21). The first-order valence-electron chi connectivity index (χ1n) is 9.47. The molecule has 1 unspecified atom stereocenters. The Balaban J connectivity index is 1.69. The first kappa shape index (κ1) is 19.5. The average molecular weight is 358 g/mol. The van der Waals surface area contributed by atoms with Crippen molar-refractivity contribution < 1.29 is 8.42 Å². The number of rotatable bonds is 8. The summed E-state index contributed by atoms with van der Waals surface area (Å²) >= 11 is 0. The fourth-order valence-corrected chi connectivity index (χ4v) is 5.34. The molecule has 2 rings (SSSR count). The third-order valence-electron chi connectivity index (χ3n) is 5.50. The fourth-order valence-electron chi connectivity index (χ4n) is 3.84. The number of sulfone groups is 1. The summed E-state index contributed by atoms with van der Waals surface area (Å²) in [6.45, 7) is 2.90. The van der Waals surface area contributed by atoms with Gasteiger partial charge in [0.05, 0.1) is 5.75 Å². The Hall–Kier alpha value is -0.780. The van der Waals surface area contributed by atoms with E-state index in [2.05, 4.69) is 22.5 Å². The third-order valence-corrected chi connectivity index (χ3v) is 6.63. The fraction of sp³-hybridized carbons (Fsp3) is 0.944. The van der Waals surface area contributed by atoms with Crippen LogP contribution in [0.15, 0.2) is 4.99 Å². The van der Waals surface area contributed by atoms with Crippen molar-refractivity contribution in [3.63, 3.8) is 0 Å². The molecule has 0 spiro atoms. The van der Waals surface area contributed by atoms with Crippen molar-refractivity contribution in [2.45, 2.75) is 70.8 Å². The van der Waals surface area contributed by atoms with E-state index in [1.165, 1.54) is 51.2 Å². The van der Waals surface area contributed by atoms with Gasteiger partial charge < -0.3 is 10.6 Å². The largest absolute Gasteiger partial charge is 0.356 e. The molecule has 5 nitrogen and oxygen atoms in total. The topological polar surface area (TPSA) is 70.6 Å². The predicted octanol–water partition coefficient (Wildman–Crippen LogP) is 2.73. The minimum absolute atomic E-state index is 0.0729. The molecule has 1 atom stereocenters. The van der Waals surface area contributed by atoms with E-state index in [-0.39, 0.29) is 11.2 Å². The Kier molecular flexibility index (Phi) is 6.96. The molecule has 0 saturated heterocycles. The van der Waals surface area contributed by atoms with Crippen LogP contribution in [0.3, 0.4) is 0 Å². The first-order valence-corrected chi connectivity index (χ1v) is 11.5. The summed E-state index contributed by atoms with van der Waals surface area (Å²) in [5.74, 6) is 1.98. The zero-order valence-electron chi connectivity index (χ0n) is 15.6. The van der Waals surface area contributed by atoms with Crippen molar-refractivity contribution in [2.24, 2.45) is 16.3 Å². The summed E-state index contributed by atoms with van der Waals surface area (Å²) in [6.07, 6.45) is 12.8. The summed E-state index contributed by atoms with van der Waals surface area (Å²) in [5.41, 5.74) is -0.0729. The van der Waals surface area contributed by atoms with Gasteiger partial charge in [0.2, 0.25) is 0 Å². The van der Waals surface area contributed by atoms with Crippen LogP contribution in [0.5, 0.6) is 0 Å². The molecule has 2 aliphatic carbocycles. The van der Waals surface area contributed by atoms with Gasteiger partial charge in [-0.25, -0.2) is 8.42 Å². The molecule has 2 saturated carbocycles. The molecular weight excluding hydrogens is 322 g/mol. The maximum absolute atomic E-state index is 11.5. The minimum Gasteiger partial charge on any atom is -0.356 e. The molecule has 0 aliphatic heterocycles. The van der Waals surface area contributed by atoms with Gasteiger partial charge in [-0.15, -0.1) is 0 Å². The van der Waals surface area contributed by atoms with E-state index in [0.29, 0.717) is 12.6 Å². The highest BCUT2D eigenvalue weighted by molar-refractivity contribution is 7.90. The molecule has 140 valence electrons. The molecule has 6 heteroatoms. The van der Waals surface area contributed by atoms with Gasteiger partial charge in [0.15, 0.2) is 5.96 Å². The maximum Gasteiger partial charge on any atom is 0.191 e. The van der Waals surface area contributed by atoms with E-state index >= 15 is 0 Å². The van der Waals surface area contributed by atoms with E-state index < -0.39 is 9.84 Å². The van der Waals surface area contributed by atoms with Gasteiger partial charge in [0.1, 0.15) is 9.84 Å². The highest BCUT2D eigenvalue weighted by Crippen LogP contribution is 2.46. The highest BCUT2D eigenvalue weighted by Gasteiger charge is 2.45. The van der Waals surface area contributed by atoms with Crippen molar-refractivity contribution in [3.05, 3.63) is 0 Å². The zero-order chi connectivity index (χ0) is 17.6. The minimum atomic E-state index is -2.92. The zero-order valence-corrected chi connectivity index (χ0v) is 16.4. The van der Waals surface area contributed by atoms with Crippen LogP contribution >= 0.6 is 0 Å². The summed E-state index contributed by atoms with van der Waals surface area (Å²) in [6, 6.07) is 0.392. The Morgan fingerprint density at radius 2 is 1.92 bits per heavy atom. The number of nitrogens with one attached hydrogen (secondary N) is 2. The lowest BCUT2D eigenvalue weighted by Gasteiger charge is -2.24. The van der Waals surface area contributed by atoms with Crippen molar-refractivity contribution >= 4 is 15.8 Å². The first-order chi connectivity index (χ1) is 11.3. The monoisotopic (exact) mass is 357 g/mol. The van der Waals surface area contributed by atoms with E-state index in [1.807, 2.05) is 0 Å². The maximum atomic E-state index is 11.5. The highest BCUT2D eigenvalue weighted by atomic mass is 32.2. The molecule has 2 aliphatic rings. The molecule has 0 aromatic carbocycles. The molecule has 0 heterocycles. The molecule has 0 radical (unpaired) electrons. The number of aliphatic imine (C=N–C) groups is 1. The Bertz CT molecular complexity index is 520. The Morgan fingerprint density at radius 3 is 2.46 bits per heavy atom. The second-order valence-corrected chi connectivity index (χ2v) is 10.3. The van der Waals surface area contributed by atoms with Crippen LogP contribution in [-0.4, -0.2) is 46.0 Å². The van der Waals surface area contributed by atoms with E-state index in [9.17, 15) is 8.42 Å². The summed E-state index contributed by atoms with van der Waals surface area (Å²) in [5, 5.41) is 6.80. The molecule has 24 heavy (non-hydrogen) atoms. The molecule has 0 aromatic rings.